The number of para-hydroxylation sites is 1. The summed E-state index contributed by atoms with van der Waals surface area (Å²) < 4.78 is 60.8. The highest BCUT2D eigenvalue weighted by Gasteiger charge is 2.57. The molecule has 2 aromatic carbocycles. The van der Waals surface area contributed by atoms with Gasteiger partial charge >= 0.3 is 6.18 Å². The number of nitrogens with zero attached hydrogens (tertiary/aromatic N) is 1. The number of carbonyl (C=O) groups is 1. The third-order valence-corrected chi connectivity index (χ3v) is 6.17. The van der Waals surface area contributed by atoms with Gasteiger partial charge in [0.25, 0.3) is 0 Å². The molecule has 0 aliphatic carbocycles. The largest absolute Gasteiger partial charge is 0.491 e. The maximum Gasteiger partial charge on any atom is 0.448 e. The van der Waals surface area contributed by atoms with Gasteiger partial charge in [-0.15, -0.1) is 0 Å². The van der Waals surface area contributed by atoms with Crippen molar-refractivity contribution in [3.05, 3.63) is 59.4 Å². The van der Waals surface area contributed by atoms with Crippen LogP contribution >= 0.6 is 0 Å². The molecule has 0 saturated carbocycles. The number of rotatable bonds is 2. The number of anilines is 1. The van der Waals surface area contributed by atoms with Crippen molar-refractivity contribution in [1.29, 1.82) is 0 Å². The molecule has 0 bridgehead atoms. The first-order valence-electron chi connectivity index (χ1n) is 9.80. The number of benzene rings is 2. The van der Waals surface area contributed by atoms with Crippen LogP contribution in [0.5, 0.6) is 17.2 Å². The quantitative estimate of drug-likeness (QED) is 0.726. The number of hydrogen-bond donors (Lipinski definition) is 0. The van der Waals surface area contributed by atoms with Gasteiger partial charge in [-0.25, -0.2) is 0 Å². The van der Waals surface area contributed by atoms with Crippen LogP contribution in [0, 0.1) is 0 Å². The molecule has 31 heavy (non-hydrogen) atoms. The number of hydrogen-bond acceptors (Lipinski definition) is 5. The van der Waals surface area contributed by atoms with Crippen molar-refractivity contribution in [2.24, 2.45) is 0 Å². The van der Waals surface area contributed by atoms with E-state index in [-0.39, 0.29) is 32.3 Å². The number of allylic oxidation sites excluding steroid dienone is 1. The molecule has 4 aliphatic rings. The zero-order chi connectivity index (χ0) is 21.4. The van der Waals surface area contributed by atoms with E-state index in [1.54, 1.807) is 24.3 Å². The van der Waals surface area contributed by atoms with E-state index in [0.717, 1.165) is 11.6 Å². The lowest BCUT2D eigenvalue weighted by atomic mass is 9.77. The normalized spacial score (nSPS) is 25.4. The highest BCUT2D eigenvalue weighted by Crippen LogP contribution is 2.55. The summed E-state index contributed by atoms with van der Waals surface area (Å²) in [5.41, 5.74) is 0.967. The molecule has 1 amide bonds. The van der Waals surface area contributed by atoms with Gasteiger partial charge in [0.2, 0.25) is 12.7 Å². The fraction of sp³-hybridized carbons (Fsp3) is 0.318. The summed E-state index contributed by atoms with van der Waals surface area (Å²) in [6.45, 7) is 0.193. The summed E-state index contributed by atoms with van der Waals surface area (Å²) in [5.74, 6) is 0.360. The number of fused-ring (bicyclic) bond motifs is 5. The molecule has 4 heterocycles. The van der Waals surface area contributed by atoms with E-state index < -0.39 is 23.5 Å². The van der Waals surface area contributed by atoms with Crippen LogP contribution in [0.1, 0.15) is 17.5 Å². The number of alkyl halides is 3. The van der Waals surface area contributed by atoms with Gasteiger partial charge in [-0.3, -0.25) is 4.79 Å². The van der Waals surface area contributed by atoms with Crippen molar-refractivity contribution in [1.82, 2.24) is 0 Å². The molecule has 1 spiro atoms. The Balaban J connectivity index is 1.38. The number of ether oxygens (including phenoxy) is 4. The molecule has 6 rings (SSSR count). The van der Waals surface area contributed by atoms with Crippen LogP contribution in [-0.4, -0.2) is 38.1 Å². The second kappa shape index (κ2) is 6.09. The summed E-state index contributed by atoms with van der Waals surface area (Å²) in [7, 11) is 0. The second-order valence-corrected chi connectivity index (χ2v) is 7.87. The van der Waals surface area contributed by atoms with Crippen molar-refractivity contribution < 1.29 is 36.9 Å². The Morgan fingerprint density at radius 2 is 1.81 bits per heavy atom. The minimum absolute atomic E-state index is 0.00750. The third kappa shape index (κ3) is 2.49. The van der Waals surface area contributed by atoms with Crippen molar-refractivity contribution in [2.75, 3.05) is 24.8 Å². The number of amides is 1. The number of carbonyl (C=O) groups excluding carboxylic acids is 1. The Kier molecular flexibility index (Phi) is 3.62. The maximum absolute atomic E-state index is 13.8. The number of halogens is 3. The molecule has 6 nitrogen and oxygen atoms in total. The minimum atomic E-state index is -4.54. The predicted molar refractivity (Wildman–Crippen MR) is 101 cm³/mol. The fourth-order valence-corrected chi connectivity index (χ4v) is 4.76. The van der Waals surface area contributed by atoms with Gasteiger partial charge < -0.3 is 23.8 Å². The van der Waals surface area contributed by atoms with Crippen LogP contribution in [0.15, 0.2) is 48.2 Å². The molecular weight excluding hydrogens is 415 g/mol. The van der Waals surface area contributed by atoms with Crippen molar-refractivity contribution in [2.45, 2.75) is 24.1 Å². The van der Waals surface area contributed by atoms with Crippen molar-refractivity contribution >= 4 is 11.6 Å². The van der Waals surface area contributed by atoms with Crippen LogP contribution in [-0.2, 0) is 14.9 Å². The predicted octanol–water partition coefficient (Wildman–Crippen LogP) is 3.68. The fourth-order valence-electron chi connectivity index (χ4n) is 4.76. The van der Waals surface area contributed by atoms with Gasteiger partial charge in [0.1, 0.15) is 23.9 Å². The van der Waals surface area contributed by atoms with Gasteiger partial charge in [0, 0.05) is 23.7 Å². The van der Waals surface area contributed by atoms with Crippen LogP contribution < -0.4 is 19.1 Å². The molecule has 0 fully saturated rings. The minimum Gasteiger partial charge on any atom is -0.491 e. The van der Waals surface area contributed by atoms with Gasteiger partial charge in [-0.2, -0.15) is 13.2 Å². The zero-order valence-electron chi connectivity index (χ0n) is 16.1. The average Bonchev–Trinajstić information content (AvgIpc) is 3.50. The van der Waals surface area contributed by atoms with E-state index in [9.17, 15) is 18.0 Å². The maximum atomic E-state index is 13.8. The molecule has 9 heteroatoms. The monoisotopic (exact) mass is 431 g/mol. The molecule has 0 aromatic heterocycles. The van der Waals surface area contributed by atoms with Crippen LogP contribution in [0.3, 0.4) is 0 Å². The Morgan fingerprint density at radius 3 is 2.58 bits per heavy atom. The van der Waals surface area contributed by atoms with Gasteiger partial charge in [-0.05, 0) is 23.8 Å². The van der Waals surface area contributed by atoms with E-state index in [1.807, 2.05) is 12.1 Å². The molecule has 160 valence electrons. The lowest BCUT2D eigenvalue weighted by Gasteiger charge is -2.25. The smallest absolute Gasteiger partial charge is 0.448 e. The summed E-state index contributed by atoms with van der Waals surface area (Å²) in [6, 6.07) is 10.7. The lowest BCUT2D eigenvalue weighted by Crippen LogP contribution is -2.45. The highest BCUT2D eigenvalue weighted by atomic mass is 19.4. The molecular formula is C22H16F3NO5. The van der Waals surface area contributed by atoms with E-state index in [4.69, 9.17) is 18.9 Å². The van der Waals surface area contributed by atoms with E-state index in [1.165, 1.54) is 4.90 Å². The summed E-state index contributed by atoms with van der Waals surface area (Å²) >= 11 is 0. The topological polar surface area (TPSA) is 57.2 Å². The van der Waals surface area contributed by atoms with E-state index in [2.05, 4.69) is 0 Å². The Bertz CT molecular complexity index is 1140. The summed E-state index contributed by atoms with van der Waals surface area (Å²) in [5, 5.41) is 0. The molecule has 1 unspecified atom stereocenters. The first-order chi connectivity index (χ1) is 14.9. The van der Waals surface area contributed by atoms with Crippen LogP contribution in [0.25, 0.3) is 0 Å². The molecule has 0 saturated heterocycles. The SMILES string of the molecule is O=C1N(CC2CC=C(C(F)(F)F)O2)c2ccccc2[C@@]12COc1cc3c(cc12)OCO3. The summed E-state index contributed by atoms with van der Waals surface area (Å²) in [6.07, 6.45) is -4.20. The van der Waals surface area contributed by atoms with E-state index >= 15 is 0 Å². The molecule has 0 radical (unpaired) electrons. The first-order valence-corrected chi connectivity index (χ1v) is 9.80. The van der Waals surface area contributed by atoms with Gasteiger partial charge in [0.15, 0.2) is 17.3 Å². The van der Waals surface area contributed by atoms with Crippen LogP contribution in [0.4, 0.5) is 18.9 Å². The van der Waals surface area contributed by atoms with Gasteiger partial charge in [-0.1, -0.05) is 18.2 Å². The molecule has 2 atom stereocenters. The third-order valence-electron chi connectivity index (χ3n) is 6.17. The van der Waals surface area contributed by atoms with Crippen molar-refractivity contribution in [3.63, 3.8) is 0 Å². The Morgan fingerprint density at radius 1 is 1.03 bits per heavy atom. The Labute approximate surface area is 174 Å². The lowest BCUT2D eigenvalue weighted by molar-refractivity contribution is -0.133. The van der Waals surface area contributed by atoms with Gasteiger partial charge in [0.05, 0.1) is 6.54 Å². The molecule has 2 aromatic rings. The Hall–Kier alpha value is -3.36. The molecule has 0 N–H and O–H groups in total. The van der Waals surface area contributed by atoms with Crippen LogP contribution in [0.2, 0.25) is 0 Å². The highest BCUT2D eigenvalue weighted by molar-refractivity contribution is 6.11. The van der Waals surface area contributed by atoms with E-state index in [0.29, 0.717) is 28.5 Å². The standard InChI is InChI=1S/C22H16F3NO5/c23-22(24,25)19-6-5-12(31-19)9-26-15-4-2-1-3-13(15)21(20(26)27)10-28-16-8-18-17(7-14(16)21)29-11-30-18/h1-4,6-8,12H,5,9-11H2/t12?,21-/m1/s1. The first kappa shape index (κ1) is 18.4. The summed E-state index contributed by atoms with van der Waals surface area (Å²) in [4.78, 5) is 15.3. The van der Waals surface area contributed by atoms with Crippen molar-refractivity contribution in [3.8, 4) is 17.2 Å². The average molecular weight is 431 g/mol. The second-order valence-electron chi connectivity index (χ2n) is 7.87. The molecule has 4 aliphatic heterocycles. The zero-order valence-corrected chi connectivity index (χ0v) is 16.1.